The van der Waals surface area contributed by atoms with E-state index in [1.165, 1.54) is 18.3 Å². The van der Waals surface area contributed by atoms with Crippen molar-refractivity contribution in [1.29, 1.82) is 0 Å². The van der Waals surface area contributed by atoms with Gasteiger partial charge in [0.2, 0.25) is 0 Å². The van der Waals surface area contributed by atoms with E-state index in [1.807, 2.05) is 0 Å². The molecule has 0 saturated carbocycles. The lowest BCUT2D eigenvalue weighted by atomic mass is 10.1. The zero-order valence-corrected chi connectivity index (χ0v) is 13.9. The Balaban J connectivity index is 1.45. The molecule has 1 amide bonds. The van der Waals surface area contributed by atoms with Crippen molar-refractivity contribution in [2.45, 2.75) is 19.3 Å². The summed E-state index contributed by atoms with van der Waals surface area (Å²) in [5.41, 5.74) is 2.32. The molecule has 132 valence electrons. The van der Waals surface area contributed by atoms with Crippen molar-refractivity contribution in [3.63, 3.8) is 0 Å². The molecule has 0 spiro atoms. The van der Waals surface area contributed by atoms with Crippen molar-refractivity contribution in [3.8, 4) is 11.3 Å². The SMILES string of the molecule is O=C(NC[C@H]1Cn2c(-c3ccc(F)cc3)cnc2CO1)c1cccnc1. The molecule has 0 fully saturated rings. The summed E-state index contributed by atoms with van der Waals surface area (Å²) in [7, 11) is 0. The predicted octanol–water partition coefficient (Wildman–Crippen LogP) is 2.41. The Hall–Kier alpha value is -3.06. The number of amides is 1. The molecule has 0 radical (unpaired) electrons. The number of imidazole rings is 1. The first kappa shape index (κ1) is 16.4. The predicted molar refractivity (Wildman–Crippen MR) is 92.8 cm³/mol. The number of aromatic nitrogens is 3. The number of benzene rings is 1. The Morgan fingerprint density at radius 1 is 1.27 bits per heavy atom. The van der Waals surface area contributed by atoms with Gasteiger partial charge in [-0.1, -0.05) is 0 Å². The summed E-state index contributed by atoms with van der Waals surface area (Å²) in [6, 6.07) is 9.76. The summed E-state index contributed by atoms with van der Waals surface area (Å²) >= 11 is 0. The second kappa shape index (κ2) is 7.05. The summed E-state index contributed by atoms with van der Waals surface area (Å²) in [5, 5.41) is 2.87. The number of nitrogens with one attached hydrogen (secondary N) is 1. The van der Waals surface area contributed by atoms with E-state index in [4.69, 9.17) is 4.74 Å². The average molecular weight is 352 g/mol. The van der Waals surface area contributed by atoms with Crippen LogP contribution in [0, 0.1) is 5.82 Å². The molecule has 26 heavy (non-hydrogen) atoms. The molecule has 7 heteroatoms. The van der Waals surface area contributed by atoms with Crippen LogP contribution in [-0.2, 0) is 17.9 Å². The number of hydrogen-bond acceptors (Lipinski definition) is 4. The maximum Gasteiger partial charge on any atom is 0.252 e. The van der Waals surface area contributed by atoms with Crippen molar-refractivity contribution >= 4 is 5.91 Å². The molecular formula is C19H17FN4O2. The van der Waals surface area contributed by atoms with Gasteiger partial charge < -0.3 is 14.6 Å². The molecule has 1 aliphatic heterocycles. The molecule has 4 rings (SSSR count). The summed E-state index contributed by atoms with van der Waals surface area (Å²) in [5.74, 6) is 0.363. The van der Waals surface area contributed by atoms with Crippen molar-refractivity contribution in [3.05, 3.63) is 72.2 Å². The van der Waals surface area contributed by atoms with Gasteiger partial charge in [-0.3, -0.25) is 9.78 Å². The number of halogens is 1. The van der Waals surface area contributed by atoms with Gasteiger partial charge in [-0.25, -0.2) is 9.37 Å². The molecule has 3 aromatic rings. The van der Waals surface area contributed by atoms with Gasteiger partial charge in [-0.2, -0.15) is 0 Å². The minimum absolute atomic E-state index is 0.170. The van der Waals surface area contributed by atoms with E-state index in [9.17, 15) is 9.18 Å². The Bertz CT molecular complexity index is 909. The number of nitrogens with zero attached hydrogens (tertiary/aromatic N) is 3. The van der Waals surface area contributed by atoms with E-state index in [2.05, 4.69) is 19.9 Å². The van der Waals surface area contributed by atoms with Gasteiger partial charge in [-0.15, -0.1) is 0 Å². The molecule has 1 N–H and O–H groups in total. The highest BCUT2D eigenvalue weighted by atomic mass is 19.1. The fraction of sp³-hybridized carbons (Fsp3) is 0.211. The lowest BCUT2D eigenvalue weighted by Gasteiger charge is -2.26. The van der Waals surface area contributed by atoms with Gasteiger partial charge in [0, 0.05) is 18.9 Å². The van der Waals surface area contributed by atoms with Crippen LogP contribution in [0.4, 0.5) is 4.39 Å². The number of hydrogen-bond donors (Lipinski definition) is 1. The van der Waals surface area contributed by atoms with Crippen LogP contribution in [0.15, 0.2) is 55.0 Å². The van der Waals surface area contributed by atoms with Crippen molar-refractivity contribution in [2.24, 2.45) is 0 Å². The third-order valence-corrected chi connectivity index (χ3v) is 4.33. The topological polar surface area (TPSA) is 69.0 Å². The van der Waals surface area contributed by atoms with Gasteiger partial charge in [-0.05, 0) is 42.0 Å². The lowest BCUT2D eigenvalue weighted by Crippen LogP contribution is -2.39. The van der Waals surface area contributed by atoms with Crippen molar-refractivity contribution in [2.75, 3.05) is 6.54 Å². The first-order valence-electron chi connectivity index (χ1n) is 8.31. The van der Waals surface area contributed by atoms with E-state index < -0.39 is 0 Å². The van der Waals surface area contributed by atoms with Crippen LogP contribution in [0.3, 0.4) is 0 Å². The van der Waals surface area contributed by atoms with Gasteiger partial charge in [0.05, 0.1) is 30.1 Å². The maximum atomic E-state index is 13.2. The monoisotopic (exact) mass is 352 g/mol. The Morgan fingerprint density at radius 2 is 2.12 bits per heavy atom. The first-order chi connectivity index (χ1) is 12.7. The maximum absolute atomic E-state index is 13.2. The van der Waals surface area contributed by atoms with Crippen LogP contribution < -0.4 is 5.32 Å². The molecule has 0 bridgehead atoms. The fourth-order valence-electron chi connectivity index (χ4n) is 2.96. The van der Waals surface area contributed by atoms with Gasteiger partial charge in [0.15, 0.2) is 0 Å². The van der Waals surface area contributed by atoms with E-state index in [-0.39, 0.29) is 17.8 Å². The lowest BCUT2D eigenvalue weighted by molar-refractivity contribution is 0.00374. The average Bonchev–Trinajstić information content (AvgIpc) is 3.10. The highest BCUT2D eigenvalue weighted by Crippen LogP contribution is 2.25. The summed E-state index contributed by atoms with van der Waals surface area (Å²) < 4.78 is 21.0. The number of carbonyl (C=O) groups is 1. The molecule has 2 aromatic heterocycles. The quantitative estimate of drug-likeness (QED) is 0.783. The minimum atomic E-state index is -0.272. The minimum Gasteiger partial charge on any atom is -0.367 e. The normalized spacial score (nSPS) is 16.1. The zero-order valence-electron chi connectivity index (χ0n) is 13.9. The van der Waals surface area contributed by atoms with Crippen LogP contribution in [-0.4, -0.2) is 33.1 Å². The number of rotatable bonds is 4. The molecular weight excluding hydrogens is 335 g/mol. The number of ether oxygens (including phenoxy) is 1. The highest BCUT2D eigenvalue weighted by Gasteiger charge is 2.23. The molecule has 1 atom stereocenters. The molecule has 0 unspecified atom stereocenters. The van der Waals surface area contributed by atoms with Crippen molar-refractivity contribution in [1.82, 2.24) is 19.9 Å². The zero-order chi connectivity index (χ0) is 17.9. The Labute approximate surface area is 149 Å². The van der Waals surface area contributed by atoms with Gasteiger partial charge in [0.25, 0.3) is 5.91 Å². The van der Waals surface area contributed by atoms with E-state index in [0.717, 1.165) is 17.1 Å². The second-order valence-electron chi connectivity index (χ2n) is 6.06. The van der Waals surface area contributed by atoms with E-state index in [1.54, 1.807) is 36.7 Å². The highest BCUT2D eigenvalue weighted by molar-refractivity contribution is 5.93. The Kier molecular flexibility index (Phi) is 4.45. The number of pyridine rings is 1. The summed E-state index contributed by atoms with van der Waals surface area (Å²) in [6.07, 6.45) is 4.75. The van der Waals surface area contributed by atoms with Crippen molar-refractivity contribution < 1.29 is 13.9 Å². The number of carbonyl (C=O) groups excluding carboxylic acids is 1. The summed E-state index contributed by atoms with van der Waals surface area (Å²) in [4.78, 5) is 20.5. The molecule has 6 nitrogen and oxygen atoms in total. The van der Waals surface area contributed by atoms with Crippen LogP contribution >= 0.6 is 0 Å². The van der Waals surface area contributed by atoms with Crippen LogP contribution in [0.5, 0.6) is 0 Å². The molecule has 3 heterocycles. The molecule has 0 saturated heterocycles. The molecule has 0 aliphatic carbocycles. The van der Waals surface area contributed by atoms with Crippen LogP contribution in [0.2, 0.25) is 0 Å². The Morgan fingerprint density at radius 3 is 2.88 bits per heavy atom. The van der Waals surface area contributed by atoms with Crippen LogP contribution in [0.25, 0.3) is 11.3 Å². The smallest absolute Gasteiger partial charge is 0.252 e. The third-order valence-electron chi connectivity index (χ3n) is 4.33. The molecule has 1 aliphatic rings. The number of fused-ring (bicyclic) bond motifs is 1. The van der Waals surface area contributed by atoms with Gasteiger partial charge >= 0.3 is 0 Å². The largest absolute Gasteiger partial charge is 0.367 e. The van der Waals surface area contributed by atoms with Crippen LogP contribution in [0.1, 0.15) is 16.2 Å². The standard InChI is InChI=1S/C19H17FN4O2/c20-15-5-3-13(4-6-15)17-10-22-18-12-26-16(11-24(17)18)9-23-19(25)14-2-1-7-21-8-14/h1-8,10,16H,9,11-12H2,(H,23,25)/t16-/m0/s1. The van der Waals surface area contributed by atoms with E-state index >= 15 is 0 Å². The fourth-order valence-corrected chi connectivity index (χ4v) is 2.96. The first-order valence-corrected chi connectivity index (χ1v) is 8.31. The summed E-state index contributed by atoms with van der Waals surface area (Å²) in [6.45, 7) is 1.32. The van der Waals surface area contributed by atoms with Gasteiger partial charge in [0.1, 0.15) is 18.2 Å². The second-order valence-corrected chi connectivity index (χ2v) is 6.06. The molecule has 1 aromatic carbocycles. The van der Waals surface area contributed by atoms with E-state index in [0.29, 0.717) is 25.3 Å². The third kappa shape index (κ3) is 3.34.